The molecule has 1 aromatic rings. The van der Waals surface area contributed by atoms with E-state index in [-0.39, 0.29) is 6.61 Å². The SMILES string of the molecule is CCOC(=O)C(=O)c1ccccc1C1CCC(C)CC1. The highest BCUT2D eigenvalue weighted by molar-refractivity contribution is 6.41. The molecule has 0 bridgehead atoms. The van der Waals surface area contributed by atoms with Gasteiger partial charge in [-0.05, 0) is 37.2 Å². The Balaban J connectivity index is 2.22. The molecule has 0 spiro atoms. The van der Waals surface area contributed by atoms with Crippen LogP contribution in [-0.2, 0) is 9.53 Å². The molecule has 0 aromatic heterocycles. The van der Waals surface area contributed by atoms with Gasteiger partial charge in [-0.25, -0.2) is 4.79 Å². The first-order valence-corrected chi connectivity index (χ1v) is 7.43. The van der Waals surface area contributed by atoms with Crippen LogP contribution >= 0.6 is 0 Å². The molecule has 1 aromatic carbocycles. The van der Waals surface area contributed by atoms with E-state index in [2.05, 4.69) is 6.92 Å². The minimum Gasteiger partial charge on any atom is -0.460 e. The molecule has 1 aliphatic rings. The molecule has 1 aliphatic carbocycles. The van der Waals surface area contributed by atoms with Crippen molar-refractivity contribution in [2.24, 2.45) is 5.92 Å². The van der Waals surface area contributed by atoms with E-state index in [9.17, 15) is 9.59 Å². The summed E-state index contributed by atoms with van der Waals surface area (Å²) in [6, 6.07) is 7.47. The van der Waals surface area contributed by atoms with Gasteiger partial charge in [-0.2, -0.15) is 0 Å². The highest BCUT2D eigenvalue weighted by Crippen LogP contribution is 2.37. The molecule has 0 radical (unpaired) electrons. The molecule has 0 atom stereocenters. The lowest BCUT2D eigenvalue weighted by atomic mass is 9.77. The van der Waals surface area contributed by atoms with Crippen LogP contribution in [0.3, 0.4) is 0 Å². The van der Waals surface area contributed by atoms with Crippen LogP contribution in [0.1, 0.15) is 61.4 Å². The normalized spacial score (nSPS) is 22.3. The number of rotatable bonds is 4. The summed E-state index contributed by atoms with van der Waals surface area (Å²) >= 11 is 0. The van der Waals surface area contributed by atoms with Gasteiger partial charge in [0.05, 0.1) is 6.61 Å². The first-order chi connectivity index (χ1) is 9.63. The average molecular weight is 274 g/mol. The molecular formula is C17H22O3. The maximum atomic E-state index is 12.2. The Bertz CT molecular complexity index is 485. The molecule has 20 heavy (non-hydrogen) atoms. The number of benzene rings is 1. The quantitative estimate of drug-likeness (QED) is 0.477. The molecule has 108 valence electrons. The lowest BCUT2D eigenvalue weighted by Crippen LogP contribution is -2.21. The average Bonchev–Trinajstić information content (AvgIpc) is 2.47. The van der Waals surface area contributed by atoms with Gasteiger partial charge in [-0.1, -0.05) is 44.0 Å². The molecule has 0 saturated heterocycles. The van der Waals surface area contributed by atoms with Crippen molar-refractivity contribution in [3.8, 4) is 0 Å². The van der Waals surface area contributed by atoms with Crippen LogP contribution in [0.5, 0.6) is 0 Å². The Hall–Kier alpha value is -1.64. The fraction of sp³-hybridized carbons (Fsp3) is 0.529. The predicted molar refractivity (Wildman–Crippen MR) is 77.8 cm³/mol. The zero-order chi connectivity index (χ0) is 14.5. The molecule has 1 saturated carbocycles. The summed E-state index contributed by atoms with van der Waals surface area (Å²) in [6.45, 7) is 4.21. The first-order valence-electron chi connectivity index (χ1n) is 7.43. The summed E-state index contributed by atoms with van der Waals surface area (Å²) in [7, 11) is 0. The maximum absolute atomic E-state index is 12.2. The predicted octanol–water partition coefficient (Wildman–Crippen LogP) is 3.73. The Kier molecular flexibility index (Phi) is 4.94. The summed E-state index contributed by atoms with van der Waals surface area (Å²) in [5.41, 5.74) is 1.53. The van der Waals surface area contributed by atoms with Crippen molar-refractivity contribution in [2.75, 3.05) is 6.61 Å². The monoisotopic (exact) mass is 274 g/mol. The molecule has 3 nitrogen and oxygen atoms in total. The van der Waals surface area contributed by atoms with Gasteiger partial charge >= 0.3 is 5.97 Å². The van der Waals surface area contributed by atoms with Gasteiger partial charge in [0.1, 0.15) is 0 Å². The molecule has 1 fully saturated rings. The van der Waals surface area contributed by atoms with E-state index < -0.39 is 11.8 Å². The fourth-order valence-electron chi connectivity index (χ4n) is 2.94. The highest BCUT2D eigenvalue weighted by Gasteiger charge is 2.26. The van der Waals surface area contributed by atoms with Gasteiger partial charge < -0.3 is 4.74 Å². The molecule has 0 aliphatic heterocycles. The molecule has 3 heteroatoms. The standard InChI is InChI=1S/C17H22O3/c1-3-20-17(19)16(18)15-7-5-4-6-14(15)13-10-8-12(2)9-11-13/h4-7,12-13H,3,8-11H2,1-2H3. The molecular weight excluding hydrogens is 252 g/mol. The van der Waals surface area contributed by atoms with Crippen LogP contribution < -0.4 is 0 Å². The number of hydrogen-bond donors (Lipinski definition) is 0. The van der Waals surface area contributed by atoms with Crippen molar-refractivity contribution in [1.82, 2.24) is 0 Å². The van der Waals surface area contributed by atoms with Gasteiger partial charge in [-0.15, -0.1) is 0 Å². The fourth-order valence-corrected chi connectivity index (χ4v) is 2.94. The zero-order valence-electron chi connectivity index (χ0n) is 12.2. The summed E-state index contributed by atoms with van der Waals surface area (Å²) in [6.07, 6.45) is 4.56. The Morgan fingerprint density at radius 1 is 1.15 bits per heavy atom. The van der Waals surface area contributed by atoms with E-state index in [0.29, 0.717) is 11.5 Å². The number of ketones is 1. The lowest BCUT2D eigenvalue weighted by molar-refractivity contribution is -0.137. The topological polar surface area (TPSA) is 43.4 Å². The summed E-state index contributed by atoms with van der Waals surface area (Å²) in [5.74, 6) is -0.106. The van der Waals surface area contributed by atoms with Crippen molar-refractivity contribution in [1.29, 1.82) is 0 Å². The van der Waals surface area contributed by atoms with Crippen molar-refractivity contribution < 1.29 is 14.3 Å². The number of carbonyl (C=O) groups excluding carboxylic acids is 2. The lowest BCUT2D eigenvalue weighted by Gasteiger charge is -2.27. The van der Waals surface area contributed by atoms with Crippen LogP contribution in [0.15, 0.2) is 24.3 Å². The van der Waals surface area contributed by atoms with Gasteiger partial charge in [-0.3, -0.25) is 4.79 Å². The van der Waals surface area contributed by atoms with Crippen molar-refractivity contribution in [3.63, 3.8) is 0 Å². The van der Waals surface area contributed by atoms with Crippen molar-refractivity contribution in [2.45, 2.75) is 45.4 Å². The number of ether oxygens (including phenoxy) is 1. The third-order valence-corrected chi connectivity index (χ3v) is 4.12. The maximum Gasteiger partial charge on any atom is 0.379 e. The van der Waals surface area contributed by atoms with E-state index >= 15 is 0 Å². The largest absolute Gasteiger partial charge is 0.460 e. The molecule has 0 heterocycles. The summed E-state index contributed by atoms with van der Waals surface area (Å²) in [4.78, 5) is 23.8. The third-order valence-electron chi connectivity index (χ3n) is 4.12. The van der Waals surface area contributed by atoms with Gasteiger partial charge in [0.2, 0.25) is 0 Å². The van der Waals surface area contributed by atoms with E-state index in [1.54, 1.807) is 19.1 Å². The number of carbonyl (C=O) groups is 2. The van der Waals surface area contributed by atoms with Crippen molar-refractivity contribution in [3.05, 3.63) is 35.4 Å². The van der Waals surface area contributed by atoms with Crippen molar-refractivity contribution >= 4 is 11.8 Å². The Morgan fingerprint density at radius 3 is 2.45 bits per heavy atom. The first kappa shape index (κ1) is 14.8. The van der Waals surface area contributed by atoms with E-state index in [0.717, 1.165) is 24.3 Å². The number of esters is 1. The second-order valence-electron chi connectivity index (χ2n) is 5.59. The van der Waals surface area contributed by atoms with Gasteiger partial charge in [0.25, 0.3) is 5.78 Å². The molecule has 0 N–H and O–H groups in total. The number of hydrogen-bond acceptors (Lipinski definition) is 3. The van der Waals surface area contributed by atoms with E-state index in [1.807, 2.05) is 12.1 Å². The molecule has 0 unspecified atom stereocenters. The minimum absolute atomic E-state index is 0.230. The number of Topliss-reactive ketones (excluding diaryl/α,β-unsaturated/α-hetero) is 1. The second-order valence-corrected chi connectivity index (χ2v) is 5.59. The zero-order valence-corrected chi connectivity index (χ0v) is 12.2. The smallest absolute Gasteiger partial charge is 0.379 e. The summed E-state index contributed by atoms with van der Waals surface area (Å²) in [5, 5.41) is 0. The van der Waals surface area contributed by atoms with Crippen LogP contribution in [0.25, 0.3) is 0 Å². The Labute approximate surface area is 120 Å². The van der Waals surface area contributed by atoms with Crippen LogP contribution in [-0.4, -0.2) is 18.4 Å². The van der Waals surface area contributed by atoms with Crippen LogP contribution in [0.4, 0.5) is 0 Å². The van der Waals surface area contributed by atoms with E-state index in [1.165, 1.54) is 12.8 Å². The Morgan fingerprint density at radius 2 is 1.80 bits per heavy atom. The van der Waals surface area contributed by atoms with Gasteiger partial charge in [0.15, 0.2) is 0 Å². The minimum atomic E-state index is -0.746. The second kappa shape index (κ2) is 6.69. The molecule has 2 rings (SSSR count). The van der Waals surface area contributed by atoms with Crippen LogP contribution in [0, 0.1) is 5.92 Å². The highest BCUT2D eigenvalue weighted by atomic mass is 16.5. The summed E-state index contributed by atoms with van der Waals surface area (Å²) < 4.78 is 4.83. The van der Waals surface area contributed by atoms with E-state index in [4.69, 9.17) is 4.74 Å². The molecule has 0 amide bonds. The van der Waals surface area contributed by atoms with Crippen LogP contribution in [0.2, 0.25) is 0 Å². The third kappa shape index (κ3) is 3.27. The van der Waals surface area contributed by atoms with Gasteiger partial charge in [0, 0.05) is 5.56 Å².